The fourth-order valence-electron chi connectivity index (χ4n) is 3.54. The Bertz CT molecular complexity index is 364. The maximum absolute atomic E-state index is 2.53. The standard InChI is InChI=1S/C23H43B/c1-6-10-13-15-17-21-23(5,20-16-14-11-7-2)24-22(18-9-4)19-12-8-3/h8-9,12,18-19,24H,6-7,10-11,13-17,20-21H2,1-5H3/b12-8-,18-9-,22-19+. The Morgan fingerprint density at radius 2 is 1.33 bits per heavy atom. The second-order valence-electron chi connectivity index (χ2n) is 7.73. The second-order valence-corrected chi connectivity index (χ2v) is 7.73. The van der Waals surface area contributed by atoms with Gasteiger partial charge in [-0.2, -0.15) is 0 Å². The first-order valence-corrected chi connectivity index (χ1v) is 10.6. The molecule has 0 heterocycles. The molecule has 0 aromatic rings. The van der Waals surface area contributed by atoms with Crippen LogP contribution in [0.4, 0.5) is 0 Å². The van der Waals surface area contributed by atoms with Crippen molar-refractivity contribution in [2.45, 2.75) is 111 Å². The van der Waals surface area contributed by atoms with Crippen molar-refractivity contribution in [3.8, 4) is 0 Å². The molecule has 0 amide bonds. The molecule has 24 heavy (non-hydrogen) atoms. The first kappa shape index (κ1) is 23.3. The van der Waals surface area contributed by atoms with Crippen LogP contribution in [0.1, 0.15) is 105 Å². The van der Waals surface area contributed by atoms with Crippen LogP contribution in [0, 0.1) is 0 Å². The summed E-state index contributed by atoms with van der Waals surface area (Å²) in [6, 6.07) is 0. The van der Waals surface area contributed by atoms with E-state index in [1.54, 1.807) is 0 Å². The Hall–Kier alpha value is -0.715. The van der Waals surface area contributed by atoms with Crippen LogP contribution >= 0.6 is 0 Å². The molecule has 0 fully saturated rings. The van der Waals surface area contributed by atoms with Crippen LogP contribution in [0.15, 0.2) is 35.9 Å². The van der Waals surface area contributed by atoms with Gasteiger partial charge in [0, 0.05) is 0 Å². The average Bonchev–Trinajstić information content (AvgIpc) is 2.57. The van der Waals surface area contributed by atoms with E-state index in [0.717, 1.165) is 0 Å². The lowest BCUT2D eigenvalue weighted by atomic mass is 9.45. The van der Waals surface area contributed by atoms with E-state index in [9.17, 15) is 0 Å². The van der Waals surface area contributed by atoms with Crippen LogP contribution in [0.5, 0.6) is 0 Å². The molecule has 0 nitrogen and oxygen atoms in total. The van der Waals surface area contributed by atoms with E-state index >= 15 is 0 Å². The average molecular weight is 330 g/mol. The third kappa shape index (κ3) is 12.7. The van der Waals surface area contributed by atoms with Gasteiger partial charge in [0.1, 0.15) is 0 Å². The SMILES string of the molecule is C\C=C/C=C(BC(C)(CCCCCC)CCCCCCC)\C=C/C. The molecule has 0 radical (unpaired) electrons. The van der Waals surface area contributed by atoms with Crippen LogP contribution in [-0.2, 0) is 0 Å². The van der Waals surface area contributed by atoms with E-state index < -0.39 is 0 Å². The Morgan fingerprint density at radius 3 is 1.83 bits per heavy atom. The van der Waals surface area contributed by atoms with Gasteiger partial charge in [0.05, 0.1) is 0 Å². The van der Waals surface area contributed by atoms with E-state index in [-0.39, 0.29) is 0 Å². The maximum Gasteiger partial charge on any atom is 0.163 e. The van der Waals surface area contributed by atoms with Crippen molar-refractivity contribution in [2.24, 2.45) is 0 Å². The Labute approximate surface area is 154 Å². The topological polar surface area (TPSA) is 0 Å². The van der Waals surface area contributed by atoms with E-state index in [4.69, 9.17) is 0 Å². The van der Waals surface area contributed by atoms with Gasteiger partial charge in [0.25, 0.3) is 0 Å². The van der Waals surface area contributed by atoms with Gasteiger partial charge >= 0.3 is 0 Å². The Balaban J connectivity index is 4.73. The monoisotopic (exact) mass is 330 g/mol. The summed E-state index contributed by atoms with van der Waals surface area (Å²) in [5.74, 6) is 0. The summed E-state index contributed by atoms with van der Waals surface area (Å²) in [7, 11) is 1.22. The highest BCUT2D eigenvalue weighted by Gasteiger charge is 2.25. The maximum atomic E-state index is 2.53. The molecule has 1 heteroatoms. The third-order valence-electron chi connectivity index (χ3n) is 5.03. The number of hydrogen-bond acceptors (Lipinski definition) is 0. The smallest absolute Gasteiger partial charge is 0.0882 e. The molecular weight excluding hydrogens is 287 g/mol. The summed E-state index contributed by atoms with van der Waals surface area (Å²) in [6.45, 7) is 11.4. The minimum absolute atomic E-state index is 0.465. The zero-order valence-corrected chi connectivity index (χ0v) is 17.4. The van der Waals surface area contributed by atoms with Crippen molar-refractivity contribution in [3.63, 3.8) is 0 Å². The molecule has 0 bridgehead atoms. The fraction of sp³-hybridized carbons (Fsp3) is 0.739. The molecule has 1 unspecified atom stereocenters. The van der Waals surface area contributed by atoms with E-state index in [1.165, 1.54) is 83.4 Å². The molecule has 0 saturated carbocycles. The summed E-state index contributed by atoms with van der Waals surface area (Å²) in [5.41, 5.74) is 1.49. The molecule has 0 aliphatic carbocycles. The Morgan fingerprint density at radius 1 is 0.792 bits per heavy atom. The van der Waals surface area contributed by atoms with Crippen molar-refractivity contribution >= 4 is 7.28 Å². The van der Waals surface area contributed by atoms with Crippen molar-refractivity contribution in [2.75, 3.05) is 0 Å². The van der Waals surface area contributed by atoms with Gasteiger partial charge in [0.15, 0.2) is 7.28 Å². The minimum atomic E-state index is 0.465. The predicted octanol–water partition coefficient (Wildman–Crippen LogP) is 7.97. The lowest BCUT2D eigenvalue weighted by Crippen LogP contribution is -2.19. The molecule has 0 aliphatic heterocycles. The van der Waals surface area contributed by atoms with Gasteiger partial charge in [-0.15, -0.1) is 0 Å². The second kappa shape index (κ2) is 15.8. The van der Waals surface area contributed by atoms with Crippen LogP contribution in [0.25, 0.3) is 0 Å². The van der Waals surface area contributed by atoms with Gasteiger partial charge in [-0.1, -0.05) is 133 Å². The molecule has 0 N–H and O–H groups in total. The third-order valence-corrected chi connectivity index (χ3v) is 5.03. The van der Waals surface area contributed by atoms with Gasteiger partial charge < -0.3 is 0 Å². The van der Waals surface area contributed by atoms with Crippen LogP contribution in [0.3, 0.4) is 0 Å². The lowest BCUT2D eigenvalue weighted by Gasteiger charge is -2.30. The van der Waals surface area contributed by atoms with Crippen molar-refractivity contribution in [1.29, 1.82) is 0 Å². The van der Waals surface area contributed by atoms with E-state index in [0.29, 0.717) is 5.31 Å². The summed E-state index contributed by atoms with van der Waals surface area (Å²) < 4.78 is 0. The molecule has 0 aliphatic rings. The number of allylic oxidation sites excluding steroid dienone is 6. The van der Waals surface area contributed by atoms with Crippen LogP contribution in [-0.4, -0.2) is 7.28 Å². The molecule has 0 aromatic heterocycles. The molecule has 1 atom stereocenters. The van der Waals surface area contributed by atoms with Gasteiger partial charge in [0.2, 0.25) is 0 Å². The van der Waals surface area contributed by atoms with Gasteiger partial charge in [-0.3, -0.25) is 0 Å². The van der Waals surface area contributed by atoms with E-state index in [2.05, 4.69) is 65.0 Å². The van der Waals surface area contributed by atoms with Gasteiger partial charge in [-0.25, -0.2) is 0 Å². The van der Waals surface area contributed by atoms with Gasteiger partial charge in [-0.05, 0) is 13.8 Å². The Kier molecular flexibility index (Phi) is 15.3. The summed E-state index contributed by atoms with van der Waals surface area (Å²) in [5, 5.41) is 0.465. The van der Waals surface area contributed by atoms with E-state index in [1.807, 2.05) is 0 Å². The quantitative estimate of drug-likeness (QED) is 0.162. The number of unbranched alkanes of at least 4 members (excludes halogenated alkanes) is 7. The predicted molar refractivity (Wildman–Crippen MR) is 115 cm³/mol. The highest BCUT2D eigenvalue weighted by molar-refractivity contribution is 6.50. The summed E-state index contributed by atoms with van der Waals surface area (Å²) >= 11 is 0. The zero-order valence-electron chi connectivity index (χ0n) is 17.4. The van der Waals surface area contributed by atoms with Crippen LogP contribution in [0.2, 0.25) is 5.31 Å². The van der Waals surface area contributed by atoms with Crippen molar-refractivity contribution in [1.82, 2.24) is 0 Å². The molecule has 0 spiro atoms. The van der Waals surface area contributed by atoms with Crippen LogP contribution < -0.4 is 0 Å². The van der Waals surface area contributed by atoms with Crippen molar-refractivity contribution in [3.05, 3.63) is 35.9 Å². The number of hydrogen-bond donors (Lipinski definition) is 0. The normalized spacial score (nSPS) is 15.3. The molecule has 0 aromatic carbocycles. The molecule has 0 rings (SSSR count). The minimum Gasteiger partial charge on any atom is -0.0882 e. The highest BCUT2D eigenvalue weighted by atomic mass is 14.2. The molecule has 138 valence electrons. The molecular formula is C23H43B. The first-order valence-electron chi connectivity index (χ1n) is 10.6. The highest BCUT2D eigenvalue weighted by Crippen LogP contribution is 2.39. The van der Waals surface area contributed by atoms with Crippen molar-refractivity contribution < 1.29 is 0 Å². The fourth-order valence-corrected chi connectivity index (χ4v) is 3.54. The molecule has 0 saturated heterocycles. The zero-order chi connectivity index (χ0) is 18.1. The first-order chi connectivity index (χ1) is 11.6. The lowest BCUT2D eigenvalue weighted by molar-refractivity contribution is 0.450. The summed E-state index contributed by atoms with van der Waals surface area (Å²) in [4.78, 5) is 0. The number of rotatable bonds is 15. The largest absolute Gasteiger partial charge is 0.163 e. The summed E-state index contributed by atoms with van der Waals surface area (Å²) in [6.07, 6.45) is 26.4.